The van der Waals surface area contributed by atoms with Crippen LogP contribution in [0, 0.1) is 6.92 Å². The van der Waals surface area contributed by atoms with Crippen molar-refractivity contribution < 1.29 is 23.8 Å². The SMILES string of the molecule is COC(=O)c1ccc(C(C)CC(=O)c2cc3nccc(-c4ccc(OC)c(OC)c4)n3n2)c(C)c1. The Labute approximate surface area is 203 Å². The number of fused-ring (bicyclic) bond motifs is 1. The Hall–Kier alpha value is -4.20. The Morgan fingerprint density at radius 2 is 1.74 bits per heavy atom. The number of hydrogen-bond donors (Lipinski definition) is 0. The van der Waals surface area contributed by atoms with E-state index in [-0.39, 0.29) is 24.1 Å². The van der Waals surface area contributed by atoms with E-state index >= 15 is 0 Å². The summed E-state index contributed by atoms with van der Waals surface area (Å²) in [6.45, 7) is 3.91. The number of carbonyl (C=O) groups excluding carboxylic acids is 2. The molecular formula is C27H27N3O5. The normalized spacial score (nSPS) is 11.8. The van der Waals surface area contributed by atoms with Gasteiger partial charge in [0.25, 0.3) is 0 Å². The molecule has 1 atom stereocenters. The van der Waals surface area contributed by atoms with E-state index in [0.717, 1.165) is 22.4 Å². The number of ketones is 1. The molecule has 2 aromatic heterocycles. The van der Waals surface area contributed by atoms with Crippen LogP contribution < -0.4 is 9.47 Å². The third-order valence-electron chi connectivity index (χ3n) is 6.04. The van der Waals surface area contributed by atoms with Gasteiger partial charge < -0.3 is 14.2 Å². The molecule has 0 fully saturated rings. The van der Waals surface area contributed by atoms with Gasteiger partial charge in [0, 0.05) is 24.2 Å². The number of esters is 1. The van der Waals surface area contributed by atoms with Crippen LogP contribution in [-0.2, 0) is 4.74 Å². The molecule has 4 aromatic rings. The average Bonchev–Trinajstić information content (AvgIpc) is 3.32. The largest absolute Gasteiger partial charge is 0.493 e. The molecule has 0 aliphatic carbocycles. The maximum Gasteiger partial charge on any atom is 0.337 e. The van der Waals surface area contributed by atoms with E-state index in [9.17, 15) is 9.59 Å². The summed E-state index contributed by atoms with van der Waals surface area (Å²) in [4.78, 5) is 29.3. The van der Waals surface area contributed by atoms with Crippen molar-refractivity contribution in [2.24, 2.45) is 0 Å². The lowest BCUT2D eigenvalue weighted by Gasteiger charge is -2.14. The number of rotatable bonds is 8. The number of benzene rings is 2. The van der Waals surface area contributed by atoms with Gasteiger partial charge in [-0.3, -0.25) is 4.79 Å². The van der Waals surface area contributed by atoms with Crippen LogP contribution >= 0.6 is 0 Å². The maximum atomic E-state index is 13.1. The van der Waals surface area contributed by atoms with E-state index in [0.29, 0.717) is 28.4 Å². The van der Waals surface area contributed by atoms with E-state index < -0.39 is 0 Å². The van der Waals surface area contributed by atoms with Crippen LogP contribution in [0.4, 0.5) is 0 Å². The van der Waals surface area contributed by atoms with Crippen molar-refractivity contribution >= 4 is 17.4 Å². The minimum absolute atomic E-state index is 0.0581. The predicted octanol–water partition coefficient (Wildman–Crippen LogP) is 4.89. The number of Topliss-reactive ketones (excluding diaryl/α,β-unsaturated/α-hetero) is 1. The van der Waals surface area contributed by atoms with Gasteiger partial charge in [-0.25, -0.2) is 14.3 Å². The van der Waals surface area contributed by atoms with Gasteiger partial charge in [-0.2, -0.15) is 5.10 Å². The van der Waals surface area contributed by atoms with E-state index in [1.807, 2.05) is 44.2 Å². The van der Waals surface area contributed by atoms with Gasteiger partial charge in [-0.15, -0.1) is 0 Å². The molecule has 0 bridgehead atoms. The standard InChI is InChI=1S/C27H27N3O5/c1-16-12-19(27(32)35-5)6-8-20(16)17(2)13-23(31)21-15-26-28-11-10-22(30(26)29-21)18-7-9-24(33-3)25(14-18)34-4/h6-12,14-15,17H,13H2,1-5H3. The Morgan fingerprint density at radius 3 is 2.43 bits per heavy atom. The monoisotopic (exact) mass is 473 g/mol. The zero-order chi connectivity index (χ0) is 25.1. The van der Waals surface area contributed by atoms with E-state index in [2.05, 4.69) is 10.1 Å². The molecule has 0 saturated carbocycles. The Kier molecular flexibility index (Phi) is 6.82. The highest BCUT2D eigenvalue weighted by molar-refractivity contribution is 5.96. The van der Waals surface area contributed by atoms with Crippen LogP contribution in [0.3, 0.4) is 0 Å². The molecule has 0 spiro atoms. The number of nitrogens with zero attached hydrogens (tertiary/aromatic N) is 3. The lowest BCUT2D eigenvalue weighted by Crippen LogP contribution is -2.08. The molecule has 0 amide bonds. The second-order valence-electron chi connectivity index (χ2n) is 8.29. The van der Waals surface area contributed by atoms with Gasteiger partial charge in [0.15, 0.2) is 22.9 Å². The Morgan fingerprint density at radius 1 is 0.971 bits per heavy atom. The molecule has 180 valence electrons. The average molecular weight is 474 g/mol. The van der Waals surface area contributed by atoms with Gasteiger partial charge in [0.2, 0.25) is 0 Å². The molecule has 1 unspecified atom stereocenters. The van der Waals surface area contributed by atoms with Crippen LogP contribution in [-0.4, -0.2) is 47.7 Å². The fourth-order valence-electron chi connectivity index (χ4n) is 4.21. The van der Waals surface area contributed by atoms with Crippen LogP contribution in [0.1, 0.15) is 51.2 Å². The first-order chi connectivity index (χ1) is 16.9. The molecule has 4 rings (SSSR count). The predicted molar refractivity (Wildman–Crippen MR) is 131 cm³/mol. The molecule has 0 aliphatic rings. The Balaban J connectivity index is 1.61. The number of ether oxygens (including phenoxy) is 3. The number of aryl methyl sites for hydroxylation is 1. The topological polar surface area (TPSA) is 92.0 Å². The highest BCUT2D eigenvalue weighted by Crippen LogP contribution is 2.32. The van der Waals surface area contributed by atoms with Gasteiger partial charge in [-0.1, -0.05) is 13.0 Å². The van der Waals surface area contributed by atoms with Gasteiger partial charge in [-0.05, 0) is 60.4 Å². The van der Waals surface area contributed by atoms with E-state index in [4.69, 9.17) is 14.2 Å². The Bertz CT molecular complexity index is 1410. The smallest absolute Gasteiger partial charge is 0.337 e. The molecule has 0 radical (unpaired) electrons. The first kappa shape index (κ1) is 23.9. The molecular weight excluding hydrogens is 446 g/mol. The lowest BCUT2D eigenvalue weighted by molar-refractivity contribution is 0.0600. The van der Waals surface area contributed by atoms with Crippen molar-refractivity contribution in [1.82, 2.24) is 14.6 Å². The zero-order valence-corrected chi connectivity index (χ0v) is 20.4. The zero-order valence-electron chi connectivity index (χ0n) is 20.4. The van der Waals surface area contributed by atoms with Gasteiger partial charge in [0.05, 0.1) is 32.6 Å². The summed E-state index contributed by atoms with van der Waals surface area (Å²) in [6, 6.07) is 14.5. The van der Waals surface area contributed by atoms with E-state index in [1.54, 1.807) is 43.1 Å². The lowest BCUT2D eigenvalue weighted by atomic mass is 9.90. The van der Waals surface area contributed by atoms with E-state index in [1.165, 1.54) is 7.11 Å². The number of aromatic nitrogens is 3. The third-order valence-corrected chi connectivity index (χ3v) is 6.04. The van der Waals surface area contributed by atoms with Gasteiger partial charge in [0.1, 0.15) is 5.69 Å². The van der Waals surface area contributed by atoms with Crippen LogP contribution in [0.15, 0.2) is 54.7 Å². The second kappa shape index (κ2) is 9.97. The molecule has 2 aromatic carbocycles. The summed E-state index contributed by atoms with van der Waals surface area (Å²) in [5.41, 5.74) is 4.97. The molecule has 2 heterocycles. The molecule has 35 heavy (non-hydrogen) atoms. The third kappa shape index (κ3) is 4.73. The fourth-order valence-corrected chi connectivity index (χ4v) is 4.21. The molecule has 8 nitrogen and oxygen atoms in total. The summed E-state index contributed by atoms with van der Waals surface area (Å²) in [6.07, 6.45) is 1.96. The maximum absolute atomic E-state index is 13.1. The van der Waals surface area contributed by atoms with Crippen molar-refractivity contribution in [3.8, 4) is 22.8 Å². The summed E-state index contributed by atoms with van der Waals surface area (Å²) in [5.74, 6) is 0.698. The van der Waals surface area contributed by atoms with Crippen molar-refractivity contribution in [2.75, 3.05) is 21.3 Å². The quantitative estimate of drug-likeness (QED) is 0.266. The van der Waals surface area contributed by atoms with Crippen molar-refractivity contribution in [1.29, 1.82) is 0 Å². The minimum Gasteiger partial charge on any atom is -0.493 e. The second-order valence-corrected chi connectivity index (χ2v) is 8.29. The number of methoxy groups -OCH3 is 3. The highest BCUT2D eigenvalue weighted by Gasteiger charge is 2.20. The minimum atomic E-state index is -0.383. The summed E-state index contributed by atoms with van der Waals surface area (Å²) < 4.78 is 17.2. The van der Waals surface area contributed by atoms with Crippen molar-refractivity contribution in [2.45, 2.75) is 26.2 Å². The number of hydrogen-bond acceptors (Lipinski definition) is 7. The summed E-state index contributed by atoms with van der Waals surface area (Å²) in [7, 11) is 4.52. The molecule has 0 N–H and O–H groups in total. The first-order valence-electron chi connectivity index (χ1n) is 11.2. The highest BCUT2D eigenvalue weighted by atomic mass is 16.5. The van der Waals surface area contributed by atoms with Crippen LogP contribution in [0.2, 0.25) is 0 Å². The summed E-state index contributed by atoms with van der Waals surface area (Å²) in [5, 5.41) is 4.58. The van der Waals surface area contributed by atoms with Crippen molar-refractivity contribution in [3.05, 3.63) is 77.1 Å². The molecule has 0 aliphatic heterocycles. The van der Waals surface area contributed by atoms with Gasteiger partial charge >= 0.3 is 5.97 Å². The summed E-state index contributed by atoms with van der Waals surface area (Å²) >= 11 is 0. The molecule has 8 heteroatoms. The fraction of sp³-hybridized carbons (Fsp3) is 0.259. The van der Waals surface area contributed by atoms with Crippen molar-refractivity contribution in [3.63, 3.8) is 0 Å². The number of carbonyl (C=O) groups is 2. The van der Waals surface area contributed by atoms with Crippen LogP contribution in [0.5, 0.6) is 11.5 Å². The molecule has 0 saturated heterocycles. The first-order valence-corrected chi connectivity index (χ1v) is 11.2. The van der Waals surface area contributed by atoms with Crippen LogP contribution in [0.25, 0.3) is 16.9 Å².